The van der Waals surface area contributed by atoms with E-state index < -0.39 is 10.0 Å². The molecule has 35 heavy (non-hydrogen) atoms. The maximum Gasteiger partial charge on any atom is 0.276 e. The van der Waals surface area contributed by atoms with Gasteiger partial charge in [0.05, 0.1) is 4.90 Å². The molecule has 4 aromatic rings. The lowest BCUT2D eigenvalue weighted by atomic mass is 10.1. The first-order valence-electron chi connectivity index (χ1n) is 11.4. The molecule has 9 nitrogen and oxygen atoms in total. The van der Waals surface area contributed by atoms with Crippen LogP contribution < -0.4 is 4.90 Å². The lowest BCUT2D eigenvalue weighted by Crippen LogP contribution is -2.49. The molecule has 0 bridgehead atoms. The predicted octanol–water partition coefficient (Wildman–Crippen LogP) is 2.99. The Kier molecular flexibility index (Phi) is 5.54. The maximum absolute atomic E-state index is 13.5. The first kappa shape index (κ1) is 22.2. The van der Waals surface area contributed by atoms with Crippen LogP contribution in [0, 0.1) is 0 Å². The molecule has 0 N–H and O–H groups in total. The summed E-state index contributed by atoms with van der Waals surface area (Å²) in [6.07, 6.45) is 2.15. The van der Waals surface area contributed by atoms with Crippen LogP contribution in [-0.2, 0) is 23.0 Å². The number of hydrogen-bond donors (Lipinski definition) is 0. The Hall–Kier alpha value is -3.28. The molecule has 0 saturated carbocycles. The lowest BCUT2D eigenvalue weighted by Gasteiger charge is -2.34. The minimum absolute atomic E-state index is 0.0636. The summed E-state index contributed by atoms with van der Waals surface area (Å²) < 4.78 is 33.8. The third-order valence-electron chi connectivity index (χ3n) is 6.61. The highest BCUT2D eigenvalue weighted by Crippen LogP contribution is 2.29. The number of fused-ring (bicyclic) bond motifs is 2. The van der Waals surface area contributed by atoms with Gasteiger partial charge in [-0.25, -0.2) is 13.4 Å². The van der Waals surface area contributed by atoms with Crippen molar-refractivity contribution in [2.75, 3.05) is 37.6 Å². The van der Waals surface area contributed by atoms with E-state index in [4.69, 9.17) is 4.52 Å². The SMILES string of the molecule is O=C(c1noc2c1CN(S(=O)(=O)c1ccc3ccccc3c1)CC2)N1CCN(c2nccs2)CC1. The smallest absolute Gasteiger partial charge is 0.276 e. The van der Waals surface area contributed by atoms with Crippen molar-refractivity contribution in [1.29, 1.82) is 0 Å². The van der Waals surface area contributed by atoms with Crippen LogP contribution in [0.15, 0.2) is 63.5 Å². The van der Waals surface area contributed by atoms with Crippen molar-refractivity contribution >= 4 is 43.2 Å². The van der Waals surface area contributed by atoms with E-state index in [9.17, 15) is 13.2 Å². The fourth-order valence-electron chi connectivity index (χ4n) is 4.66. The first-order valence-corrected chi connectivity index (χ1v) is 13.7. The van der Waals surface area contributed by atoms with Crippen molar-refractivity contribution in [2.45, 2.75) is 17.9 Å². The molecule has 2 aliphatic rings. The predicted molar refractivity (Wildman–Crippen MR) is 132 cm³/mol. The highest BCUT2D eigenvalue weighted by molar-refractivity contribution is 7.89. The van der Waals surface area contributed by atoms with Crippen molar-refractivity contribution in [1.82, 2.24) is 19.3 Å². The molecule has 4 heterocycles. The van der Waals surface area contributed by atoms with Crippen LogP contribution in [0.5, 0.6) is 0 Å². The number of piperazine rings is 1. The molecular weight excluding hydrogens is 486 g/mol. The van der Waals surface area contributed by atoms with Crippen molar-refractivity contribution in [3.63, 3.8) is 0 Å². The molecule has 6 rings (SSSR count). The first-order chi connectivity index (χ1) is 17.0. The monoisotopic (exact) mass is 509 g/mol. The van der Waals surface area contributed by atoms with E-state index in [-0.39, 0.29) is 29.6 Å². The average molecular weight is 510 g/mol. The Labute approximate surface area is 206 Å². The Bertz CT molecular complexity index is 1490. The third-order valence-corrected chi connectivity index (χ3v) is 9.28. The van der Waals surface area contributed by atoms with Crippen LogP contribution in [0.25, 0.3) is 10.8 Å². The largest absolute Gasteiger partial charge is 0.360 e. The van der Waals surface area contributed by atoms with Gasteiger partial charge in [-0.1, -0.05) is 35.5 Å². The second kappa shape index (κ2) is 8.74. The number of amides is 1. The van der Waals surface area contributed by atoms with Gasteiger partial charge in [-0.3, -0.25) is 4.79 Å². The highest BCUT2D eigenvalue weighted by atomic mass is 32.2. The normalized spacial score (nSPS) is 17.0. The van der Waals surface area contributed by atoms with Crippen molar-refractivity contribution in [2.24, 2.45) is 0 Å². The molecule has 2 aliphatic heterocycles. The second-order valence-corrected chi connectivity index (χ2v) is 11.4. The fourth-order valence-corrected chi connectivity index (χ4v) is 6.80. The molecule has 0 atom stereocenters. The van der Waals surface area contributed by atoms with Gasteiger partial charge in [-0.15, -0.1) is 11.3 Å². The van der Waals surface area contributed by atoms with Crippen LogP contribution >= 0.6 is 11.3 Å². The van der Waals surface area contributed by atoms with Crippen LogP contribution in [0.3, 0.4) is 0 Å². The van der Waals surface area contributed by atoms with Gasteiger partial charge in [0.15, 0.2) is 10.8 Å². The van der Waals surface area contributed by atoms with E-state index in [2.05, 4.69) is 15.0 Å². The number of rotatable bonds is 4. The number of carbonyl (C=O) groups excluding carboxylic acids is 1. The van der Waals surface area contributed by atoms with Gasteiger partial charge in [0, 0.05) is 62.8 Å². The minimum atomic E-state index is -3.75. The molecule has 1 fully saturated rings. The number of thiazole rings is 1. The zero-order chi connectivity index (χ0) is 24.0. The molecule has 0 radical (unpaired) electrons. The summed E-state index contributed by atoms with van der Waals surface area (Å²) in [5.74, 6) is 0.360. The summed E-state index contributed by atoms with van der Waals surface area (Å²) in [6, 6.07) is 12.8. The molecule has 0 spiro atoms. The second-order valence-electron chi connectivity index (χ2n) is 8.62. The Morgan fingerprint density at radius 2 is 1.80 bits per heavy atom. The molecule has 1 amide bonds. The maximum atomic E-state index is 13.5. The zero-order valence-corrected chi connectivity index (χ0v) is 20.5. The third kappa shape index (κ3) is 3.99. The van der Waals surface area contributed by atoms with E-state index in [1.54, 1.807) is 34.6 Å². The highest BCUT2D eigenvalue weighted by Gasteiger charge is 2.35. The van der Waals surface area contributed by atoms with Gasteiger partial charge in [0.1, 0.15) is 5.76 Å². The van der Waals surface area contributed by atoms with E-state index in [1.165, 1.54) is 4.31 Å². The van der Waals surface area contributed by atoms with E-state index in [0.717, 1.165) is 15.9 Å². The number of benzene rings is 2. The summed E-state index contributed by atoms with van der Waals surface area (Å²) in [6.45, 7) is 2.79. The Morgan fingerprint density at radius 1 is 1.00 bits per heavy atom. The fraction of sp³-hybridized carbons (Fsp3) is 0.292. The molecule has 2 aromatic carbocycles. The Balaban J connectivity index is 1.21. The summed E-state index contributed by atoms with van der Waals surface area (Å²) in [7, 11) is -3.75. The molecule has 1 saturated heterocycles. The lowest BCUT2D eigenvalue weighted by molar-refractivity contribution is 0.0735. The van der Waals surface area contributed by atoms with Gasteiger partial charge in [0.2, 0.25) is 10.0 Å². The van der Waals surface area contributed by atoms with E-state index in [1.807, 2.05) is 35.7 Å². The van der Waals surface area contributed by atoms with E-state index >= 15 is 0 Å². The number of hydrogen-bond acceptors (Lipinski definition) is 8. The van der Waals surface area contributed by atoms with E-state index in [0.29, 0.717) is 43.9 Å². The molecule has 11 heteroatoms. The van der Waals surface area contributed by atoms with Crippen molar-refractivity contribution in [3.05, 3.63) is 71.1 Å². The molecular formula is C24H23N5O4S2. The van der Waals surface area contributed by atoms with Crippen molar-refractivity contribution in [3.8, 4) is 0 Å². The standard InChI is InChI=1S/C24H23N5O4S2/c30-23(27-10-12-28(13-11-27)24-25-8-14-34-24)22-20-16-29(9-7-21(20)33-26-22)35(31,32)19-6-5-17-3-1-2-4-18(17)15-19/h1-6,8,14-15H,7,9-13,16H2. The summed E-state index contributed by atoms with van der Waals surface area (Å²) in [5, 5.41) is 8.79. The molecule has 0 unspecified atom stereocenters. The van der Waals surface area contributed by atoms with Crippen LogP contribution in [0.2, 0.25) is 0 Å². The number of nitrogens with zero attached hydrogens (tertiary/aromatic N) is 5. The molecule has 2 aromatic heterocycles. The molecule has 180 valence electrons. The quantitative estimate of drug-likeness (QED) is 0.417. The number of anilines is 1. The van der Waals surface area contributed by atoms with Gasteiger partial charge in [-0.05, 0) is 22.9 Å². The van der Waals surface area contributed by atoms with Crippen LogP contribution in [0.1, 0.15) is 21.8 Å². The van der Waals surface area contributed by atoms with Gasteiger partial charge >= 0.3 is 0 Å². The zero-order valence-electron chi connectivity index (χ0n) is 18.8. The van der Waals surface area contributed by atoms with Crippen LogP contribution in [-0.4, -0.2) is 66.4 Å². The summed E-state index contributed by atoms with van der Waals surface area (Å²) >= 11 is 1.58. The topological polar surface area (TPSA) is 99.8 Å². The van der Waals surface area contributed by atoms with Gasteiger partial charge in [0.25, 0.3) is 5.91 Å². The number of carbonyl (C=O) groups is 1. The van der Waals surface area contributed by atoms with Gasteiger partial charge in [-0.2, -0.15) is 4.31 Å². The van der Waals surface area contributed by atoms with Crippen molar-refractivity contribution < 1.29 is 17.7 Å². The van der Waals surface area contributed by atoms with Gasteiger partial charge < -0.3 is 14.3 Å². The number of sulfonamides is 1. The summed E-state index contributed by atoms with van der Waals surface area (Å²) in [5.41, 5.74) is 0.772. The number of aromatic nitrogens is 2. The minimum Gasteiger partial charge on any atom is -0.360 e. The Morgan fingerprint density at radius 3 is 2.57 bits per heavy atom. The summed E-state index contributed by atoms with van der Waals surface area (Å²) in [4.78, 5) is 21.8. The molecule has 0 aliphatic carbocycles. The van der Waals surface area contributed by atoms with Crippen LogP contribution in [0.4, 0.5) is 5.13 Å². The average Bonchev–Trinajstić information content (AvgIpc) is 3.58.